The minimum atomic E-state index is -0.703. The SMILES string of the molecule is CC(C)C(NC(=O)Nc1cccc(N)c1)C(N)=O. The molecule has 0 bridgehead atoms. The molecule has 1 rings (SSSR count). The number of rotatable bonds is 4. The largest absolute Gasteiger partial charge is 0.399 e. The molecule has 18 heavy (non-hydrogen) atoms. The molecule has 0 aromatic heterocycles. The van der Waals surface area contributed by atoms with E-state index in [2.05, 4.69) is 10.6 Å². The van der Waals surface area contributed by atoms with Crippen LogP contribution in [0.5, 0.6) is 0 Å². The predicted molar refractivity (Wildman–Crippen MR) is 70.8 cm³/mol. The zero-order chi connectivity index (χ0) is 13.7. The maximum atomic E-state index is 11.7. The van der Waals surface area contributed by atoms with Crippen LogP contribution in [0.25, 0.3) is 0 Å². The van der Waals surface area contributed by atoms with Crippen molar-refractivity contribution < 1.29 is 9.59 Å². The van der Waals surface area contributed by atoms with Crippen molar-refractivity contribution in [2.45, 2.75) is 19.9 Å². The van der Waals surface area contributed by atoms with Crippen molar-refractivity contribution in [3.63, 3.8) is 0 Å². The van der Waals surface area contributed by atoms with E-state index in [0.29, 0.717) is 11.4 Å². The summed E-state index contributed by atoms with van der Waals surface area (Å²) in [5.74, 6) is -0.637. The van der Waals surface area contributed by atoms with E-state index in [1.807, 2.05) is 0 Å². The number of nitrogen functional groups attached to an aromatic ring is 1. The molecular weight excluding hydrogens is 232 g/mol. The molecule has 1 unspecified atom stereocenters. The van der Waals surface area contributed by atoms with E-state index in [4.69, 9.17) is 11.5 Å². The molecule has 0 fully saturated rings. The number of amides is 3. The van der Waals surface area contributed by atoms with Gasteiger partial charge in [-0.25, -0.2) is 4.79 Å². The Morgan fingerprint density at radius 2 is 1.94 bits per heavy atom. The maximum Gasteiger partial charge on any atom is 0.319 e. The van der Waals surface area contributed by atoms with E-state index >= 15 is 0 Å². The van der Waals surface area contributed by atoms with Crippen LogP contribution in [0.4, 0.5) is 16.2 Å². The summed E-state index contributed by atoms with van der Waals surface area (Å²) >= 11 is 0. The lowest BCUT2D eigenvalue weighted by Crippen LogP contribution is -2.49. The second kappa shape index (κ2) is 5.90. The minimum absolute atomic E-state index is 0.0749. The predicted octanol–water partition coefficient (Wildman–Crippen LogP) is 0.900. The maximum absolute atomic E-state index is 11.7. The van der Waals surface area contributed by atoms with Gasteiger partial charge in [0.2, 0.25) is 5.91 Å². The molecule has 6 heteroatoms. The van der Waals surface area contributed by atoms with Gasteiger partial charge < -0.3 is 22.1 Å². The molecule has 0 saturated carbocycles. The quantitative estimate of drug-likeness (QED) is 0.596. The number of hydrogen-bond acceptors (Lipinski definition) is 3. The Morgan fingerprint density at radius 3 is 2.44 bits per heavy atom. The van der Waals surface area contributed by atoms with Crippen LogP contribution < -0.4 is 22.1 Å². The first kappa shape index (κ1) is 13.8. The number of nitrogens with one attached hydrogen (secondary N) is 2. The second-order valence-corrected chi connectivity index (χ2v) is 4.35. The highest BCUT2D eigenvalue weighted by atomic mass is 16.2. The summed E-state index contributed by atoms with van der Waals surface area (Å²) in [5.41, 5.74) is 11.9. The number of hydrogen-bond donors (Lipinski definition) is 4. The molecule has 98 valence electrons. The standard InChI is InChI=1S/C12H18N4O2/c1-7(2)10(11(14)17)16-12(18)15-9-5-3-4-8(13)6-9/h3-7,10H,13H2,1-2H3,(H2,14,17)(H2,15,16,18). The van der Waals surface area contributed by atoms with E-state index in [1.54, 1.807) is 38.1 Å². The van der Waals surface area contributed by atoms with Gasteiger partial charge in [-0.2, -0.15) is 0 Å². The van der Waals surface area contributed by atoms with Crippen molar-refractivity contribution in [3.8, 4) is 0 Å². The molecule has 1 aromatic rings. The van der Waals surface area contributed by atoms with Crippen molar-refractivity contribution in [1.29, 1.82) is 0 Å². The molecule has 6 N–H and O–H groups in total. The zero-order valence-corrected chi connectivity index (χ0v) is 10.4. The average Bonchev–Trinajstić information content (AvgIpc) is 2.25. The van der Waals surface area contributed by atoms with Gasteiger partial charge in [0.15, 0.2) is 0 Å². The molecule has 0 heterocycles. The molecule has 1 atom stereocenters. The van der Waals surface area contributed by atoms with Crippen molar-refractivity contribution in [1.82, 2.24) is 5.32 Å². The molecule has 0 aliphatic carbocycles. The summed E-state index contributed by atoms with van der Waals surface area (Å²) in [4.78, 5) is 22.8. The fourth-order valence-corrected chi connectivity index (χ4v) is 1.49. The Morgan fingerprint density at radius 1 is 1.28 bits per heavy atom. The van der Waals surface area contributed by atoms with Gasteiger partial charge in [-0.15, -0.1) is 0 Å². The van der Waals surface area contributed by atoms with Crippen LogP contribution in [0.15, 0.2) is 24.3 Å². The molecule has 1 aromatic carbocycles. The van der Waals surface area contributed by atoms with E-state index in [0.717, 1.165) is 0 Å². The third-order valence-corrected chi connectivity index (χ3v) is 2.40. The van der Waals surface area contributed by atoms with Crippen LogP contribution in [-0.4, -0.2) is 18.0 Å². The minimum Gasteiger partial charge on any atom is -0.399 e. The number of primary amides is 1. The summed E-state index contributed by atoms with van der Waals surface area (Å²) in [6, 6.07) is 5.56. The summed E-state index contributed by atoms with van der Waals surface area (Å²) < 4.78 is 0. The van der Waals surface area contributed by atoms with E-state index in [9.17, 15) is 9.59 Å². The number of carbonyl (C=O) groups excluding carboxylic acids is 2. The van der Waals surface area contributed by atoms with E-state index < -0.39 is 18.0 Å². The highest BCUT2D eigenvalue weighted by Gasteiger charge is 2.21. The summed E-state index contributed by atoms with van der Waals surface area (Å²) in [6.07, 6.45) is 0. The third kappa shape index (κ3) is 3.97. The van der Waals surface area contributed by atoms with E-state index in [-0.39, 0.29) is 5.92 Å². The molecule has 3 amide bonds. The summed E-state index contributed by atoms with van der Waals surface area (Å²) in [7, 11) is 0. The topological polar surface area (TPSA) is 110 Å². The number of nitrogens with two attached hydrogens (primary N) is 2. The number of carbonyl (C=O) groups is 2. The van der Waals surface area contributed by atoms with Crippen LogP contribution in [0.2, 0.25) is 0 Å². The van der Waals surface area contributed by atoms with Gasteiger partial charge in [-0.3, -0.25) is 4.79 Å². The number of benzene rings is 1. The molecule has 0 radical (unpaired) electrons. The molecular formula is C12H18N4O2. The van der Waals surface area contributed by atoms with Crippen LogP contribution in [0.3, 0.4) is 0 Å². The monoisotopic (exact) mass is 250 g/mol. The van der Waals surface area contributed by atoms with Crippen molar-refractivity contribution in [2.24, 2.45) is 11.7 Å². The van der Waals surface area contributed by atoms with Gasteiger partial charge in [0, 0.05) is 11.4 Å². The highest BCUT2D eigenvalue weighted by molar-refractivity contribution is 5.93. The van der Waals surface area contributed by atoms with E-state index in [1.165, 1.54) is 0 Å². The van der Waals surface area contributed by atoms with Crippen molar-refractivity contribution in [3.05, 3.63) is 24.3 Å². The van der Waals surface area contributed by atoms with Gasteiger partial charge in [-0.1, -0.05) is 19.9 Å². The number of urea groups is 1. The number of anilines is 2. The fourth-order valence-electron chi connectivity index (χ4n) is 1.49. The molecule has 0 saturated heterocycles. The second-order valence-electron chi connectivity index (χ2n) is 4.35. The lowest BCUT2D eigenvalue weighted by atomic mass is 10.0. The van der Waals surface area contributed by atoms with Crippen LogP contribution in [0, 0.1) is 5.92 Å². The first-order valence-electron chi connectivity index (χ1n) is 5.62. The Hall–Kier alpha value is -2.24. The van der Waals surface area contributed by atoms with Crippen molar-refractivity contribution >= 4 is 23.3 Å². The Balaban J connectivity index is 2.63. The lowest BCUT2D eigenvalue weighted by molar-refractivity contribution is -0.120. The fraction of sp³-hybridized carbons (Fsp3) is 0.333. The van der Waals surface area contributed by atoms with Gasteiger partial charge >= 0.3 is 6.03 Å². The van der Waals surface area contributed by atoms with Crippen LogP contribution >= 0.6 is 0 Å². The first-order valence-corrected chi connectivity index (χ1v) is 5.62. The Labute approximate surface area is 106 Å². The lowest BCUT2D eigenvalue weighted by Gasteiger charge is -2.19. The van der Waals surface area contributed by atoms with Crippen LogP contribution in [-0.2, 0) is 4.79 Å². The average molecular weight is 250 g/mol. The van der Waals surface area contributed by atoms with Gasteiger partial charge in [-0.05, 0) is 24.1 Å². The first-order chi connectivity index (χ1) is 8.40. The molecule has 6 nitrogen and oxygen atoms in total. The highest BCUT2D eigenvalue weighted by Crippen LogP contribution is 2.11. The summed E-state index contributed by atoms with van der Waals surface area (Å²) in [5, 5.41) is 5.10. The molecule has 0 aliphatic rings. The third-order valence-electron chi connectivity index (χ3n) is 2.40. The van der Waals surface area contributed by atoms with Gasteiger partial charge in [0.05, 0.1) is 0 Å². The molecule has 0 aliphatic heterocycles. The Bertz CT molecular complexity index is 445. The van der Waals surface area contributed by atoms with Gasteiger partial charge in [0.25, 0.3) is 0 Å². The zero-order valence-electron chi connectivity index (χ0n) is 10.4. The van der Waals surface area contributed by atoms with Gasteiger partial charge in [0.1, 0.15) is 6.04 Å². The van der Waals surface area contributed by atoms with Crippen molar-refractivity contribution in [2.75, 3.05) is 11.1 Å². The summed E-state index contributed by atoms with van der Waals surface area (Å²) in [6.45, 7) is 3.60. The Kier molecular flexibility index (Phi) is 4.53. The molecule has 0 spiro atoms. The smallest absolute Gasteiger partial charge is 0.319 e. The van der Waals surface area contributed by atoms with Crippen LogP contribution in [0.1, 0.15) is 13.8 Å². The normalized spacial score (nSPS) is 11.9.